The molecule has 0 bridgehead atoms. The van der Waals surface area contributed by atoms with E-state index in [-0.39, 0.29) is 0 Å². The Morgan fingerprint density at radius 2 is 1.71 bits per heavy atom. The molecule has 0 saturated carbocycles. The van der Waals surface area contributed by atoms with Gasteiger partial charge in [-0.3, -0.25) is 0 Å². The van der Waals surface area contributed by atoms with E-state index in [1.165, 1.54) is 0 Å². The zero-order valence-corrected chi connectivity index (χ0v) is 12.3. The Morgan fingerprint density at radius 1 is 1.10 bits per heavy atom. The second-order valence-electron chi connectivity index (χ2n) is 5.09. The van der Waals surface area contributed by atoms with Crippen molar-refractivity contribution >= 4 is 5.97 Å². The average molecular weight is 284 g/mol. The summed E-state index contributed by atoms with van der Waals surface area (Å²) in [6.45, 7) is 4.22. The van der Waals surface area contributed by atoms with E-state index in [1.807, 2.05) is 42.5 Å². The van der Waals surface area contributed by atoms with Gasteiger partial charge in [0, 0.05) is 5.56 Å². The third-order valence-electron chi connectivity index (χ3n) is 3.63. The smallest absolute Gasteiger partial charge is 0.349 e. The number of hydrogen-bond acceptors (Lipinski definition) is 2. The highest BCUT2D eigenvalue weighted by Gasteiger charge is 2.23. The predicted molar refractivity (Wildman–Crippen MR) is 82.6 cm³/mol. The number of carboxylic acid groups (broad SMARTS) is 1. The Bertz CT molecular complexity index is 592. The van der Waals surface area contributed by atoms with Gasteiger partial charge in [0.1, 0.15) is 5.75 Å². The normalized spacial score (nSPS) is 13.4. The lowest BCUT2D eigenvalue weighted by molar-refractivity contribution is -0.145. The third kappa shape index (κ3) is 3.63. The Morgan fingerprint density at radius 3 is 2.33 bits per heavy atom. The zero-order valence-electron chi connectivity index (χ0n) is 12.3. The number of hydrogen-bond donors (Lipinski definition) is 1. The molecule has 0 spiro atoms. The summed E-state index contributed by atoms with van der Waals surface area (Å²) in [5.41, 5.74) is 1.69. The Hall–Kier alpha value is -2.29. The molecule has 0 aliphatic rings. The number of rotatable bonds is 6. The van der Waals surface area contributed by atoms with E-state index in [4.69, 9.17) is 4.74 Å². The molecule has 0 aromatic heterocycles. The van der Waals surface area contributed by atoms with Gasteiger partial charge in [-0.2, -0.15) is 0 Å². The van der Waals surface area contributed by atoms with Gasteiger partial charge in [0.2, 0.25) is 6.10 Å². The van der Waals surface area contributed by atoms with Crippen molar-refractivity contribution in [2.75, 3.05) is 0 Å². The van der Waals surface area contributed by atoms with Gasteiger partial charge in [0.05, 0.1) is 0 Å². The Kier molecular flexibility index (Phi) is 4.99. The first-order valence-corrected chi connectivity index (χ1v) is 7.16. The van der Waals surface area contributed by atoms with Gasteiger partial charge in [-0.05, 0) is 24.0 Å². The molecule has 21 heavy (non-hydrogen) atoms. The first-order chi connectivity index (χ1) is 10.1. The van der Waals surface area contributed by atoms with E-state index in [0.29, 0.717) is 17.2 Å². The largest absolute Gasteiger partial charge is 0.478 e. The van der Waals surface area contributed by atoms with Crippen molar-refractivity contribution in [3.8, 4) is 5.75 Å². The van der Waals surface area contributed by atoms with Crippen molar-refractivity contribution in [1.29, 1.82) is 0 Å². The maximum Gasteiger partial charge on any atom is 0.349 e. The van der Waals surface area contributed by atoms with Crippen molar-refractivity contribution in [3.05, 3.63) is 65.7 Å². The summed E-state index contributed by atoms with van der Waals surface area (Å²) in [5.74, 6) is -0.0188. The quantitative estimate of drug-likeness (QED) is 0.855. The van der Waals surface area contributed by atoms with E-state index in [2.05, 4.69) is 13.8 Å². The standard InChI is InChI=1S/C18H20O3/c1-3-13(2)15-11-7-8-12-16(15)21-17(18(19)20)14-9-5-4-6-10-14/h4-13,17H,3H2,1-2H3,(H,19,20). The maximum absolute atomic E-state index is 11.5. The SMILES string of the molecule is CCC(C)c1ccccc1OC(C(=O)O)c1ccccc1. The summed E-state index contributed by atoms with van der Waals surface area (Å²) in [4.78, 5) is 11.5. The molecule has 0 fully saturated rings. The molecule has 3 heteroatoms. The van der Waals surface area contributed by atoms with Gasteiger partial charge in [0.25, 0.3) is 0 Å². The monoisotopic (exact) mass is 284 g/mol. The summed E-state index contributed by atoms with van der Waals surface area (Å²) in [7, 11) is 0. The summed E-state index contributed by atoms with van der Waals surface area (Å²) in [6, 6.07) is 16.7. The van der Waals surface area contributed by atoms with Crippen LogP contribution in [-0.4, -0.2) is 11.1 Å². The second kappa shape index (κ2) is 6.93. The highest BCUT2D eigenvalue weighted by Crippen LogP contribution is 2.31. The molecule has 110 valence electrons. The molecule has 3 nitrogen and oxygen atoms in total. The average Bonchev–Trinajstić information content (AvgIpc) is 2.52. The fourth-order valence-electron chi connectivity index (χ4n) is 2.23. The van der Waals surface area contributed by atoms with E-state index >= 15 is 0 Å². The van der Waals surface area contributed by atoms with Gasteiger partial charge in [-0.25, -0.2) is 4.79 Å². The van der Waals surface area contributed by atoms with Crippen LogP contribution in [-0.2, 0) is 4.79 Å². The van der Waals surface area contributed by atoms with Crippen LogP contribution in [0.2, 0.25) is 0 Å². The molecule has 0 radical (unpaired) electrons. The molecule has 0 heterocycles. The minimum absolute atomic E-state index is 0.325. The van der Waals surface area contributed by atoms with Crippen LogP contribution in [0.5, 0.6) is 5.75 Å². The highest BCUT2D eigenvalue weighted by atomic mass is 16.5. The predicted octanol–water partition coefficient (Wildman–Crippen LogP) is 4.40. The fourth-order valence-corrected chi connectivity index (χ4v) is 2.23. The van der Waals surface area contributed by atoms with Gasteiger partial charge in [0.15, 0.2) is 0 Å². The lowest BCUT2D eigenvalue weighted by Gasteiger charge is -2.20. The number of carbonyl (C=O) groups is 1. The molecule has 2 unspecified atom stereocenters. The molecule has 0 aliphatic heterocycles. The molecule has 1 N–H and O–H groups in total. The van der Waals surface area contributed by atoms with E-state index in [1.54, 1.807) is 12.1 Å². The summed E-state index contributed by atoms with van der Waals surface area (Å²) in [6.07, 6.45) is -0.0138. The summed E-state index contributed by atoms with van der Waals surface area (Å²) in [5, 5.41) is 9.45. The summed E-state index contributed by atoms with van der Waals surface area (Å²) < 4.78 is 5.82. The first kappa shape index (κ1) is 15.1. The second-order valence-corrected chi connectivity index (χ2v) is 5.09. The molecule has 2 aromatic rings. The molecule has 2 rings (SSSR count). The van der Waals surface area contributed by atoms with Gasteiger partial charge < -0.3 is 9.84 Å². The van der Waals surface area contributed by atoms with Crippen molar-refractivity contribution in [2.24, 2.45) is 0 Å². The van der Waals surface area contributed by atoms with Crippen LogP contribution >= 0.6 is 0 Å². The topological polar surface area (TPSA) is 46.5 Å². The van der Waals surface area contributed by atoms with Crippen LogP contribution < -0.4 is 4.74 Å². The van der Waals surface area contributed by atoms with Gasteiger partial charge in [-0.15, -0.1) is 0 Å². The molecule has 0 amide bonds. The molecule has 0 aliphatic carbocycles. The number of para-hydroxylation sites is 1. The lowest BCUT2D eigenvalue weighted by Crippen LogP contribution is -2.19. The van der Waals surface area contributed by atoms with Gasteiger partial charge in [-0.1, -0.05) is 62.4 Å². The first-order valence-electron chi connectivity index (χ1n) is 7.16. The van der Waals surface area contributed by atoms with E-state index in [0.717, 1.165) is 12.0 Å². The van der Waals surface area contributed by atoms with Crippen molar-refractivity contribution in [2.45, 2.75) is 32.3 Å². The molecule has 2 aromatic carbocycles. The number of aliphatic carboxylic acids is 1. The van der Waals surface area contributed by atoms with Crippen LogP contribution in [0.4, 0.5) is 0 Å². The van der Waals surface area contributed by atoms with Gasteiger partial charge >= 0.3 is 5.97 Å². The molecular weight excluding hydrogens is 264 g/mol. The highest BCUT2D eigenvalue weighted by molar-refractivity contribution is 5.75. The third-order valence-corrected chi connectivity index (χ3v) is 3.63. The van der Waals surface area contributed by atoms with Crippen LogP contribution in [0.1, 0.15) is 43.4 Å². The van der Waals surface area contributed by atoms with Crippen LogP contribution in [0.25, 0.3) is 0 Å². The molecule has 0 saturated heterocycles. The van der Waals surface area contributed by atoms with Crippen LogP contribution in [0.3, 0.4) is 0 Å². The minimum atomic E-state index is -0.989. The molecular formula is C18H20O3. The van der Waals surface area contributed by atoms with E-state index in [9.17, 15) is 9.90 Å². The van der Waals surface area contributed by atoms with Crippen molar-refractivity contribution in [1.82, 2.24) is 0 Å². The lowest BCUT2D eigenvalue weighted by atomic mass is 9.97. The van der Waals surface area contributed by atoms with Crippen molar-refractivity contribution in [3.63, 3.8) is 0 Å². The maximum atomic E-state index is 11.5. The fraction of sp³-hybridized carbons (Fsp3) is 0.278. The minimum Gasteiger partial charge on any atom is -0.478 e. The molecule has 2 atom stereocenters. The Labute approximate surface area is 125 Å². The Balaban J connectivity index is 2.32. The number of ether oxygens (including phenoxy) is 1. The number of carboxylic acids is 1. The number of benzene rings is 2. The van der Waals surface area contributed by atoms with Crippen LogP contribution in [0.15, 0.2) is 54.6 Å². The van der Waals surface area contributed by atoms with Crippen molar-refractivity contribution < 1.29 is 14.6 Å². The summed E-state index contributed by atoms with van der Waals surface area (Å²) >= 11 is 0. The van der Waals surface area contributed by atoms with Crippen LogP contribution in [0, 0.1) is 0 Å². The van der Waals surface area contributed by atoms with E-state index < -0.39 is 12.1 Å². The zero-order chi connectivity index (χ0) is 15.2.